The SMILES string of the molecule is CC(c1cc(C(F)(F)F)ccc1B1OC(C)(C)C(C)(C)O1)N(Cc1cc(C(F)(F)F)cc(C(F)(F)F)c1)C(=O)O. The van der Waals surface area contributed by atoms with Crippen LogP contribution in [-0.2, 0) is 34.4 Å². The van der Waals surface area contributed by atoms with Crippen molar-refractivity contribution in [2.24, 2.45) is 0 Å². The predicted molar refractivity (Wildman–Crippen MR) is 126 cm³/mol. The minimum atomic E-state index is -5.18. The predicted octanol–water partition coefficient (Wildman–Crippen LogP) is 7.28. The van der Waals surface area contributed by atoms with E-state index in [1.807, 2.05) is 0 Å². The Morgan fingerprint density at radius 2 is 1.27 bits per heavy atom. The largest absolute Gasteiger partial charge is 0.495 e. The van der Waals surface area contributed by atoms with Crippen molar-refractivity contribution in [3.63, 3.8) is 0 Å². The molecule has 1 heterocycles. The zero-order valence-electron chi connectivity index (χ0n) is 21.8. The Kier molecular flexibility index (Phi) is 8.02. The van der Waals surface area contributed by atoms with Crippen LogP contribution in [0.4, 0.5) is 44.3 Å². The lowest BCUT2D eigenvalue weighted by Gasteiger charge is -2.32. The number of hydrogen-bond acceptors (Lipinski definition) is 3. The summed E-state index contributed by atoms with van der Waals surface area (Å²) in [5.41, 5.74) is -7.23. The van der Waals surface area contributed by atoms with Crippen LogP contribution in [-0.4, -0.2) is 34.4 Å². The summed E-state index contributed by atoms with van der Waals surface area (Å²) in [7, 11) is -1.24. The van der Waals surface area contributed by atoms with Gasteiger partial charge in [0.2, 0.25) is 0 Å². The zero-order valence-corrected chi connectivity index (χ0v) is 21.8. The molecule has 1 aliphatic rings. The van der Waals surface area contributed by atoms with Crippen molar-refractivity contribution >= 4 is 18.7 Å². The summed E-state index contributed by atoms with van der Waals surface area (Å²) in [6.45, 7) is 6.87. The summed E-state index contributed by atoms with van der Waals surface area (Å²) in [4.78, 5) is 12.6. The number of benzene rings is 2. The van der Waals surface area contributed by atoms with Gasteiger partial charge < -0.3 is 14.4 Å². The van der Waals surface area contributed by atoms with Crippen LogP contribution in [0.15, 0.2) is 36.4 Å². The molecule has 1 atom stereocenters. The van der Waals surface area contributed by atoms with E-state index in [1.54, 1.807) is 27.7 Å². The van der Waals surface area contributed by atoms with Crippen molar-refractivity contribution < 1.29 is 58.7 Å². The second-order valence-corrected chi connectivity index (χ2v) is 10.4. The van der Waals surface area contributed by atoms with E-state index in [1.165, 1.54) is 0 Å². The Hall–Kier alpha value is -2.94. The molecule has 1 N–H and O–H groups in total. The first kappa shape index (κ1) is 31.6. The molecule has 1 unspecified atom stereocenters. The van der Waals surface area contributed by atoms with Crippen molar-refractivity contribution in [1.29, 1.82) is 0 Å². The minimum absolute atomic E-state index is 0.0189. The molecule has 3 rings (SSSR count). The highest BCUT2D eigenvalue weighted by molar-refractivity contribution is 6.62. The van der Waals surface area contributed by atoms with Gasteiger partial charge in [-0.25, -0.2) is 4.79 Å². The third-order valence-electron chi connectivity index (χ3n) is 7.08. The molecular formula is C25H25BF9NO4. The summed E-state index contributed by atoms with van der Waals surface area (Å²) in [5, 5.41) is 9.87. The van der Waals surface area contributed by atoms with E-state index in [0.29, 0.717) is 23.1 Å². The van der Waals surface area contributed by atoms with Crippen molar-refractivity contribution in [3.8, 4) is 0 Å². The lowest BCUT2D eigenvalue weighted by Crippen LogP contribution is -2.41. The molecule has 1 saturated heterocycles. The quantitative estimate of drug-likeness (QED) is 0.296. The number of nitrogens with zero attached hydrogens (tertiary/aromatic N) is 1. The Morgan fingerprint density at radius 1 is 0.825 bits per heavy atom. The van der Waals surface area contributed by atoms with Crippen LogP contribution in [0.1, 0.15) is 68.5 Å². The summed E-state index contributed by atoms with van der Waals surface area (Å²) in [5.74, 6) is 0. The van der Waals surface area contributed by atoms with Crippen LogP contribution in [0.2, 0.25) is 0 Å². The third-order valence-corrected chi connectivity index (χ3v) is 7.08. The first-order valence-electron chi connectivity index (χ1n) is 11.8. The van der Waals surface area contributed by atoms with Gasteiger partial charge in [-0.15, -0.1) is 0 Å². The van der Waals surface area contributed by atoms with Gasteiger partial charge in [0.1, 0.15) is 0 Å². The van der Waals surface area contributed by atoms with Gasteiger partial charge in [-0.2, -0.15) is 39.5 Å². The normalized spacial score (nSPS) is 18.1. The molecule has 0 saturated carbocycles. The van der Waals surface area contributed by atoms with Crippen LogP contribution in [0, 0.1) is 0 Å². The number of carbonyl (C=O) groups is 1. The number of carboxylic acid groups (broad SMARTS) is 1. The maximum atomic E-state index is 13.6. The van der Waals surface area contributed by atoms with Gasteiger partial charge >= 0.3 is 31.7 Å². The van der Waals surface area contributed by atoms with Crippen molar-refractivity contribution in [2.45, 2.75) is 76.9 Å². The first-order chi connectivity index (χ1) is 17.9. The topological polar surface area (TPSA) is 59.0 Å². The zero-order chi connectivity index (χ0) is 30.6. The molecular weight excluding hydrogens is 560 g/mol. The highest BCUT2D eigenvalue weighted by Crippen LogP contribution is 2.40. The minimum Gasteiger partial charge on any atom is -0.465 e. The summed E-state index contributed by atoms with van der Waals surface area (Å²) in [6.07, 6.45) is -17.0. The van der Waals surface area contributed by atoms with Crippen LogP contribution >= 0.6 is 0 Å². The Labute approximate surface area is 224 Å². The molecule has 2 aromatic rings. The summed E-state index contributed by atoms with van der Waals surface area (Å²) >= 11 is 0. The molecule has 0 aliphatic carbocycles. The van der Waals surface area contributed by atoms with Crippen molar-refractivity contribution in [2.75, 3.05) is 0 Å². The van der Waals surface area contributed by atoms with Gasteiger partial charge in [0.15, 0.2) is 0 Å². The average Bonchev–Trinajstić information content (AvgIpc) is 3.01. The van der Waals surface area contributed by atoms with Crippen LogP contribution in [0.25, 0.3) is 0 Å². The second-order valence-electron chi connectivity index (χ2n) is 10.4. The molecule has 220 valence electrons. The summed E-state index contributed by atoms with van der Waals surface area (Å²) in [6, 6.07) is 1.57. The fraction of sp³-hybridized carbons (Fsp3) is 0.480. The maximum Gasteiger partial charge on any atom is 0.495 e. The number of amides is 1. The van der Waals surface area contributed by atoms with E-state index in [-0.39, 0.29) is 17.1 Å². The Morgan fingerprint density at radius 3 is 1.68 bits per heavy atom. The lowest BCUT2D eigenvalue weighted by atomic mass is 9.73. The van der Waals surface area contributed by atoms with E-state index < -0.39 is 77.8 Å². The van der Waals surface area contributed by atoms with Crippen molar-refractivity contribution in [1.82, 2.24) is 4.90 Å². The summed E-state index contributed by atoms with van der Waals surface area (Å²) < 4.78 is 133. The molecule has 15 heteroatoms. The first-order valence-corrected chi connectivity index (χ1v) is 11.8. The molecule has 5 nitrogen and oxygen atoms in total. The van der Waals surface area contributed by atoms with Gasteiger partial charge in [0.25, 0.3) is 0 Å². The van der Waals surface area contributed by atoms with Crippen LogP contribution in [0.5, 0.6) is 0 Å². The van der Waals surface area contributed by atoms with E-state index >= 15 is 0 Å². The second kappa shape index (κ2) is 10.2. The maximum absolute atomic E-state index is 13.6. The molecule has 0 aromatic heterocycles. The third kappa shape index (κ3) is 6.51. The standard InChI is InChI=1S/C25H25BF9NO4/c1-13(36(20(37)38)12-14-8-16(24(30,31)32)10-17(9-14)25(33,34)35)18-11-15(23(27,28)29)6-7-19(18)26-39-21(2,3)22(4,5)40-26/h6-11,13H,12H2,1-5H3,(H,37,38). The van der Waals surface area contributed by atoms with Gasteiger partial charge in [0, 0.05) is 6.54 Å². The lowest BCUT2D eigenvalue weighted by molar-refractivity contribution is -0.143. The highest BCUT2D eigenvalue weighted by atomic mass is 19.4. The Balaban J connectivity index is 2.13. The number of rotatable bonds is 5. The highest BCUT2D eigenvalue weighted by Gasteiger charge is 2.53. The van der Waals surface area contributed by atoms with Crippen molar-refractivity contribution in [3.05, 3.63) is 64.2 Å². The number of alkyl halides is 9. The van der Waals surface area contributed by atoms with Crippen LogP contribution in [0.3, 0.4) is 0 Å². The van der Waals surface area contributed by atoms with Gasteiger partial charge in [-0.3, -0.25) is 4.90 Å². The molecule has 0 spiro atoms. The number of halogens is 9. The number of hydrogen-bond donors (Lipinski definition) is 1. The smallest absolute Gasteiger partial charge is 0.465 e. The fourth-order valence-electron chi connectivity index (χ4n) is 4.14. The van der Waals surface area contributed by atoms with E-state index in [2.05, 4.69) is 0 Å². The molecule has 0 radical (unpaired) electrons. The van der Waals surface area contributed by atoms with E-state index in [0.717, 1.165) is 19.1 Å². The molecule has 2 aromatic carbocycles. The van der Waals surface area contributed by atoms with Gasteiger partial charge in [-0.1, -0.05) is 12.1 Å². The van der Waals surface area contributed by atoms with E-state index in [9.17, 15) is 49.4 Å². The van der Waals surface area contributed by atoms with E-state index in [4.69, 9.17) is 9.31 Å². The molecule has 40 heavy (non-hydrogen) atoms. The van der Waals surface area contributed by atoms with Gasteiger partial charge in [0.05, 0.1) is 33.9 Å². The molecule has 1 amide bonds. The monoisotopic (exact) mass is 585 g/mol. The molecule has 1 fully saturated rings. The average molecular weight is 585 g/mol. The van der Waals surface area contributed by atoms with Crippen LogP contribution < -0.4 is 5.46 Å². The molecule has 1 aliphatic heterocycles. The van der Waals surface area contributed by atoms with Gasteiger partial charge in [-0.05, 0) is 75.5 Å². The Bertz CT molecular complexity index is 1220. The fourth-order valence-corrected chi connectivity index (χ4v) is 4.14. The molecule has 0 bridgehead atoms.